The average Bonchev–Trinajstić information content (AvgIpc) is 2.78. The van der Waals surface area contributed by atoms with E-state index in [0.29, 0.717) is 22.1 Å². The Kier molecular flexibility index (Phi) is 7.96. The van der Waals surface area contributed by atoms with E-state index < -0.39 is 10.1 Å². The van der Waals surface area contributed by atoms with Crippen molar-refractivity contribution in [1.29, 1.82) is 0 Å². The van der Waals surface area contributed by atoms with Crippen LogP contribution >= 0.6 is 0 Å². The van der Waals surface area contributed by atoms with E-state index in [-0.39, 0.29) is 45.9 Å². The van der Waals surface area contributed by atoms with Crippen molar-refractivity contribution in [3.05, 3.63) is 83.9 Å². The van der Waals surface area contributed by atoms with Crippen LogP contribution < -0.4 is 29.6 Å². The van der Waals surface area contributed by atoms with E-state index >= 15 is 0 Å². The monoisotopic (exact) mass is 483 g/mol. The van der Waals surface area contributed by atoms with Crippen LogP contribution in [0.15, 0.2) is 98.1 Å². The van der Waals surface area contributed by atoms with Crippen LogP contribution in [0.3, 0.4) is 0 Å². The van der Waals surface area contributed by atoms with Crippen molar-refractivity contribution < 1.29 is 47.6 Å². The molecule has 2 N–H and O–H groups in total. The molecular formula is C24H20N4NaO4S+. The molecule has 0 heterocycles. The van der Waals surface area contributed by atoms with Gasteiger partial charge in [0.1, 0.15) is 11.4 Å². The fourth-order valence-corrected chi connectivity index (χ4v) is 3.77. The van der Waals surface area contributed by atoms with Crippen molar-refractivity contribution in [2.24, 2.45) is 20.5 Å². The van der Waals surface area contributed by atoms with Gasteiger partial charge in [0, 0.05) is 5.39 Å². The number of azo groups is 2. The predicted octanol–water partition coefficient (Wildman–Crippen LogP) is 4.24. The molecule has 0 radical (unpaired) electrons. The Morgan fingerprint density at radius 2 is 1.44 bits per heavy atom. The first kappa shape index (κ1) is 25.7. The Balaban J connectivity index is 0.00000324. The van der Waals surface area contributed by atoms with Crippen LogP contribution in [0.25, 0.3) is 10.8 Å². The second-order valence-electron chi connectivity index (χ2n) is 7.45. The van der Waals surface area contributed by atoms with Gasteiger partial charge >= 0.3 is 29.6 Å². The first-order valence-corrected chi connectivity index (χ1v) is 11.4. The predicted molar refractivity (Wildman–Crippen MR) is 126 cm³/mol. The van der Waals surface area contributed by atoms with Gasteiger partial charge in [0.05, 0.1) is 22.0 Å². The first-order valence-electron chi connectivity index (χ1n) is 9.95. The van der Waals surface area contributed by atoms with Crippen molar-refractivity contribution in [3.8, 4) is 5.75 Å². The maximum absolute atomic E-state index is 11.4. The maximum Gasteiger partial charge on any atom is 1.00 e. The Morgan fingerprint density at radius 1 is 0.735 bits per heavy atom. The molecule has 0 aliphatic carbocycles. The molecule has 0 saturated heterocycles. The standard InChI is InChI=1S/C24H20N4O4S.Na/c1-15-5-3-4-6-21(15)26-25-18-8-11-22(16(2)13-18)27-28-24-20-10-9-19(33(30,31)32)14-17(20)7-12-23(24)29;/h3-14,29H,1-2H3,(H,30,31,32);/q;+1. The van der Waals surface area contributed by atoms with Gasteiger partial charge < -0.3 is 5.11 Å². The van der Waals surface area contributed by atoms with Crippen LogP contribution in [0.1, 0.15) is 11.1 Å². The van der Waals surface area contributed by atoms with E-state index in [4.69, 9.17) is 0 Å². The zero-order valence-electron chi connectivity index (χ0n) is 18.8. The molecule has 0 unspecified atom stereocenters. The van der Waals surface area contributed by atoms with E-state index in [1.54, 1.807) is 12.1 Å². The number of benzene rings is 4. The van der Waals surface area contributed by atoms with Crippen LogP contribution in [0.2, 0.25) is 0 Å². The number of aryl methyl sites for hydroxylation is 2. The van der Waals surface area contributed by atoms with Gasteiger partial charge in [0.15, 0.2) is 0 Å². The van der Waals surface area contributed by atoms with E-state index in [1.807, 2.05) is 44.2 Å². The van der Waals surface area contributed by atoms with E-state index in [1.165, 1.54) is 30.3 Å². The molecule has 10 heteroatoms. The van der Waals surface area contributed by atoms with Crippen molar-refractivity contribution >= 4 is 43.6 Å². The summed E-state index contributed by atoms with van der Waals surface area (Å²) in [5, 5.41) is 28.3. The van der Waals surface area contributed by atoms with Gasteiger partial charge in [0.2, 0.25) is 0 Å². The van der Waals surface area contributed by atoms with Crippen molar-refractivity contribution in [3.63, 3.8) is 0 Å². The molecule has 4 rings (SSSR count). The Hall–Kier alpha value is -2.95. The first-order chi connectivity index (χ1) is 15.7. The fourth-order valence-electron chi connectivity index (χ4n) is 3.25. The summed E-state index contributed by atoms with van der Waals surface area (Å²) in [6.45, 7) is 3.83. The molecular weight excluding hydrogens is 463 g/mol. The van der Waals surface area contributed by atoms with Crippen LogP contribution in [0, 0.1) is 13.8 Å². The van der Waals surface area contributed by atoms with Gasteiger partial charge in [0.25, 0.3) is 10.1 Å². The number of nitrogens with zero attached hydrogens (tertiary/aromatic N) is 4. The molecule has 4 aromatic carbocycles. The molecule has 0 amide bonds. The number of hydrogen-bond donors (Lipinski definition) is 2. The SMILES string of the molecule is Cc1ccccc1N=Nc1ccc(N=Nc2c(O)ccc3cc(S(=O)(=O)O)ccc23)c(C)c1.[Na+]. The third kappa shape index (κ3) is 5.75. The number of fused-ring (bicyclic) bond motifs is 1. The largest absolute Gasteiger partial charge is 1.00 e. The summed E-state index contributed by atoms with van der Waals surface area (Å²) < 4.78 is 32.1. The summed E-state index contributed by atoms with van der Waals surface area (Å²) in [5.74, 6) is -0.104. The molecule has 0 aliphatic rings. The van der Waals surface area contributed by atoms with Gasteiger partial charge in [-0.1, -0.05) is 30.3 Å². The topological polar surface area (TPSA) is 124 Å². The maximum atomic E-state index is 11.4. The second kappa shape index (κ2) is 10.5. The summed E-state index contributed by atoms with van der Waals surface area (Å²) in [6.07, 6.45) is 0. The molecule has 0 saturated carbocycles. The summed E-state index contributed by atoms with van der Waals surface area (Å²) >= 11 is 0. The Bertz CT molecular complexity index is 1540. The third-order valence-electron chi connectivity index (χ3n) is 5.07. The van der Waals surface area contributed by atoms with E-state index in [2.05, 4.69) is 20.5 Å². The minimum atomic E-state index is -4.34. The second-order valence-corrected chi connectivity index (χ2v) is 8.87. The normalized spacial score (nSPS) is 11.9. The average molecular weight is 484 g/mol. The summed E-state index contributed by atoms with van der Waals surface area (Å²) in [7, 11) is -4.34. The Morgan fingerprint density at radius 3 is 2.15 bits per heavy atom. The molecule has 0 atom stereocenters. The molecule has 0 spiro atoms. The van der Waals surface area contributed by atoms with Crippen LogP contribution in [0.5, 0.6) is 5.75 Å². The zero-order chi connectivity index (χ0) is 23.6. The number of phenols is 1. The zero-order valence-corrected chi connectivity index (χ0v) is 21.7. The van der Waals surface area contributed by atoms with Gasteiger partial charge in [-0.2, -0.15) is 23.8 Å². The van der Waals surface area contributed by atoms with Crippen molar-refractivity contribution in [1.82, 2.24) is 0 Å². The summed E-state index contributed by atoms with van der Waals surface area (Å²) in [6, 6.07) is 20.0. The van der Waals surface area contributed by atoms with Crippen LogP contribution in [0.4, 0.5) is 22.7 Å². The molecule has 0 aromatic heterocycles. The van der Waals surface area contributed by atoms with Crippen molar-refractivity contribution in [2.75, 3.05) is 0 Å². The number of hydrogen-bond acceptors (Lipinski definition) is 7. The van der Waals surface area contributed by atoms with Gasteiger partial charge in [-0.05, 0) is 72.8 Å². The molecule has 166 valence electrons. The summed E-state index contributed by atoms with van der Waals surface area (Å²) in [5.41, 5.74) is 4.08. The van der Waals surface area contributed by atoms with Crippen LogP contribution in [-0.2, 0) is 10.1 Å². The fraction of sp³-hybridized carbons (Fsp3) is 0.0833. The number of rotatable bonds is 5. The third-order valence-corrected chi connectivity index (χ3v) is 5.92. The molecule has 0 fully saturated rings. The van der Waals surface area contributed by atoms with Crippen LogP contribution in [-0.4, -0.2) is 18.1 Å². The molecule has 0 aliphatic heterocycles. The smallest absolute Gasteiger partial charge is 0.506 e. The molecule has 34 heavy (non-hydrogen) atoms. The Labute approximate surface area is 219 Å². The number of aromatic hydroxyl groups is 1. The minimum Gasteiger partial charge on any atom is -0.506 e. The molecule has 8 nitrogen and oxygen atoms in total. The van der Waals surface area contributed by atoms with Gasteiger partial charge in [-0.3, -0.25) is 4.55 Å². The van der Waals surface area contributed by atoms with E-state index in [0.717, 1.165) is 16.8 Å². The van der Waals surface area contributed by atoms with Crippen molar-refractivity contribution in [2.45, 2.75) is 18.7 Å². The molecule has 4 aromatic rings. The minimum absolute atomic E-state index is 0. The summed E-state index contributed by atoms with van der Waals surface area (Å²) in [4.78, 5) is -0.241. The van der Waals surface area contributed by atoms with Gasteiger partial charge in [-0.25, -0.2) is 0 Å². The molecule has 0 bridgehead atoms. The quantitative estimate of drug-likeness (QED) is 0.250. The van der Waals surface area contributed by atoms with E-state index in [9.17, 15) is 18.1 Å². The van der Waals surface area contributed by atoms with Gasteiger partial charge in [-0.15, -0.1) is 5.11 Å². The number of phenolic OH excluding ortho intramolecular Hbond substituents is 1.